The van der Waals surface area contributed by atoms with E-state index in [0.29, 0.717) is 11.9 Å². The summed E-state index contributed by atoms with van der Waals surface area (Å²) in [4.78, 5) is 11.4. The lowest BCUT2D eigenvalue weighted by molar-refractivity contribution is 0.327. The molecule has 5 heteroatoms. The van der Waals surface area contributed by atoms with Gasteiger partial charge in [0.1, 0.15) is 17.5 Å². The topological polar surface area (TPSA) is 67.1 Å². The molecule has 5 nitrogen and oxygen atoms in total. The number of anilines is 2. The molecule has 2 heterocycles. The first-order chi connectivity index (χ1) is 9.34. The summed E-state index contributed by atoms with van der Waals surface area (Å²) in [7, 11) is 0. The number of nitrogens with two attached hydrogens (primary N) is 1. The molecule has 3 N–H and O–H groups in total. The summed E-state index contributed by atoms with van der Waals surface area (Å²) < 4.78 is 0. The molecule has 1 aliphatic heterocycles. The molecular formula is C15H27N5. The molecule has 0 aromatic carbocycles. The molecular weight excluding hydrogens is 250 g/mol. The predicted octanol–water partition coefficient (Wildman–Crippen LogP) is 2.25. The summed E-state index contributed by atoms with van der Waals surface area (Å²) >= 11 is 0. The third-order valence-corrected chi connectivity index (χ3v) is 3.54. The van der Waals surface area contributed by atoms with Gasteiger partial charge in [0.2, 0.25) is 0 Å². The van der Waals surface area contributed by atoms with E-state index >= 15 is 0 Å². The Morgan fingerprint density at radius 1 is 1.30 bits per heavy atom. The third kappa shape index (κ3) is 4.07. The van der Waals surface area contributed by atoms with Gasteiger partial charge in [-0.05, 0) is 32.9 Å². The summed E-state index contributed by atoms with van der Waals surface area (Å²) in [5.74, 6) is 2.14. The first-order valence-electron chi connectivity index (χ1n) is 7.48. The van der Waals surface area contributed by atoms with Crippen LogP contribution in [0.4, 0.5) is 11.6 Å². The van der Waals surface area contributed by atoms with Crippen LogP contribution in [0.3, 0.4) is 0 Å². The Morgan fingerprint density at radius 2 is 1.95 bits per heavy atom. The van der Waals surface area contributed by atoms with Crippen LogP contribution in [0.5, 0.6) is 0 Å². The average molecular weight is 277 g/mol. The highest BCUT2D eigenvalue weighted by molar-refractivity contribution is 5.45. The molecule has 0 spiro atoms. The van der Waals surface area contributed by atoms with E-state index in [4.69, 9.17) is 5.73 Å². The van der Waals surface area contributed by atoms with Gasteiger partial charge in [-0.15, -0.1) is 0 Å². The Hall–Kier alpha value is -1.36. The van der Waals surface area contributed by atoms with Crippen LogP contribution in [0.15, 0.2) is 6.07 Å². The fraction of sp³-hybridized carbons (Fsp3) is 0.733. The number of nitrogen functional groups attached to an aromatic ring is 1. The van der Waals surface area contributed by atoms with Crippen LogP contribution in [-0.2, 0) is 5.41 Å². The molecule has 0 bridgehead atoms. The number of rotatable bonds is 4. The van der Waals surface area contributed by atoms with Crippen molar-refractivity contribution in [3.63, 3.8) is 0 Å². The average Bonchev–Trinajstić information content (AvgIpc) is 2.79. The Morgan fingerprint density at radius 3 is 2.55 bits per heavy atom. The molecule has 0 amide bonds. The maximum Gasteiger partial charge on any atom is 0.138 e. The molecule has 1 saturated heterocycles. The zero-order chi connectivity index (χ0) is 14.8. The number of likely N-dealkylation sites (tertiary alicyclic amines) is 1. The van der Waals surface area contributed by atoms with Crippen LogP contribution in [0.2, 0.25) is 0 Å². The maximum atomic E-state index is 5.89. The van der Waals surface area contributed by atoms with Crippen molar-refractivity contribution < 1.29 is 0 Å². The molecule has 1 fully saturated rings. The fourth-order valence-electron chi connectivity index (χ4n) is 2.53. The summed E-state index contributed by atoms with van der Waals surface area (Å²) in [6.45, 7) is 12.0. The van der Waals surface area contributed by atoms with Crippen molar-refractivity contribution in [1.82, 2.24) is 14.9 Å². The highest BCUT2D eigenvalue weighted by atomic mass is 15.2. The second kappa shape index (κ2) is 5.95. The van der Waals surface area contributed by atoms with Crippen LogP contribution in [-0.4, -0.2) is 40.5 Å². The zero-order valence-electron chi connectivity index (χ0n) is 13.1. The van der Waals surface area contributed by atoms with Crippen LogP contribution < -0.4 is 11.1 Å². The van der Waals surface area contributed by atoms with Crippen molar-refractivity contribution in [2.45, 2.75) is 52.0 Å². The number of nitrogens with one attached hydrogen (secondary N) is 1. The molecule has 1 unspecified atom stereocenters. The Bertz CT molecular complexity index is 446. The van der Waals surface area contributed by atoms with E-state index < -0.39 is 0 Å². The van der Waals surface area contributed by atoms with Gasteiger partial charge in [-0.3, -0.25) is 0 Å². The van der Waals surface area contributed by atoms with Crippen molar-refractivity contribution in [2.24, 2.45) is 0 Å². The molecule has 1 aliphatic rings. The quantitative estimate of drug-likeness (QED) is 0.883. The number of nitrogens with zero attached hydrogens (tertiary/aromatic N) is 3. The van der Waals surface area contributed by atoms with Gasteiger partial charge < -0.3 is 16.0 Å². The molecule has 1 atom stereocenters. The van der Waals surface area contributed by atoms with Gasteiger partial charge in [-0.1, -0.05) is 20.8 Å². The van der Waals surface area contributed by atoms with Crippen molar-refractivity contribution in [1.29, 1.82) is 0 Å². The van der Waals surface area contributed by atoms with E-state index in [-0.39, 0.29) is 5.41 Å². The van der Waals surface area contributed by atoms with Crippen LogP contribution in [0, 0.1) is 0 Å². The minimum absolute atomic E-state index is 0.0933. The Kier molecular flexibility index (Phi) is 4.48. The molecule has 0 radical (unpaired) electrons. The fourth-order valence-corrected chi connectivity index (χ4v) is 2.53. The van der Waals surface area contributed by atoms with Gasteiger partial charge in [0.15, 0.2) is 0 Å². The van der Waals surface area contributed by atoms with Crippen LogP contribution in [0.25, 0.3) is 0 Å². The number of aromatic nitrogens is 2. The van der Waals surface area contributed by atoms with Gasteiger partial charge >= 0.3 is 0 Å². The van der Waals surface area contributed by atoms with Crippen molar-refractivity contribution in [2.75, 3.05) is 30.7 Å². The summed E-state index contributed by atoms with van der Waals surface area (Å²) in [5.41, 5.74) is 5.80. The molecule has 20 heavy (non-hydrogen) atoms. The number of hydrogen-bond acceptors (Lipinski definition) is 5. The second-order valence-corrected chi connectivity index (χ2v) is 6.80. The SMILES string of the molecule is CC(CN1CCCC1)Nc1cc(N)nc(C(C)(C)C)n1. The number of hydrogen-bond donors (Lipinski definition) is 2. The van der Waals surface area contributed by atoms with Gasteiger partial charge in [0, 0.05) is 24.1 Å². The lowest BCUT2D eigenvalue weighted by atomic mass is 9.96. The van der Waals surface area contributed by atoms with E-state index in [1.807, 2.05) is 6.07 Å². The minimum atomic E-state index is -0.0933. The maximum absolute atomic E-state index is 5.89. The van der Waals surface area contributed by atoms with E-state index in [2.05, 4.69) is 47.9 Å². The lowest BCUT2D eigenvalue weighted by Gasteiger charge is -2.23. The summed E-state index contributed by atoms with van der Waals surface area (Å²) in [5, 5.41) is 3.45. The van der Waals surface area contributed by atoms with Crippen molar-refractivity contribution in [3.8, 4) is 0 Å². The standard InChI is InChI=1S/C15H27N5/c1-11(10-20-7-5-6-8-20)17-13-9-12(16)18-14(19-13)15(2,3)4/h9,11H,5-8,10H2,1-4H3,(H3,16,17,18,19). The van der Waals surface area contributed by atoms with E-state index in [1.54, 1.807) is 0 Å². The smallest absolute Gasteiger partial charge is 0.138 e. The summed E-state index contributed by atoms with van der Waals surface area (Å²) in [6, 6.07) is 2.17. The van der Waals surface area contributed by atoms with Crippen LogP contribution in [0.1, 0.15) is 46.4 Å². The minimum Gasteiger partial charge on any atom is -0.384 e. The molecule has 112 valence electrons. The van der Waals surface area contributed by atoms with Gasteiger partial charge in [0.05, 0.1) is 0 Å². The van der Waals surface area contributed by atoms with Gasteiger partial charge in [-0.2, -0.15) is 0 Å². The second-order valence-electron chi connectivity index (χ2n) is 6.80. The molecule has 2 rings (SSSR count). The normalized spacial score (nSPS) is 18.2. The van der Waals surface area contributed by atoms with E-state index in [1.165, 1.54) is 25.9 Å². The van der Waals surface area contributed by atoms with E-state index in [9.17, 15) is 0 Å². The first-order valence-corrected chi connectivity index (χ1v) is 7.48. The highest BCUT2D eigenvalue weighted by Crippen LogP contribution is 2.21. The summed E-state index contributed by atoms with van der Waals surface area (Å²) in [6.07, 6.45) is 2.64. The molecule has 0 saturated carbocycles. The lowest BCUT2D eigenvalue weighted by Crippen LogP contribution is -2.33. The third-order valence-electron chi connectivity index (χ3n) is 3.54. The van der Waals surface area contributed by atoms with E-state index in [0.717, 1.165) is 18.2 Å². The van der Waals surface area contributed by atoms with Gasteiger partial charge in [-0.25, -0.2) is 9.97 Å². The molecule has 1 aromatic rings. The van der Waals surface area contributed by atoms with Crippen LogP contribution >= 0.6 is 0 Å². The van der Waals surface area contributed by atoms with Gasteiger partial charge in [0.25, 0.3) is 0 Å². The molecule has 0 aliphatic carbocycles. The first kappa shape index (κ1) is 15.0. The largest absolute Gasteiger partial charge is 0.384 e. The zero-order valence-corrected chi connectivity index (χ0v) is 13.1. The molecule has 1 aromatic heterocycles. The highest BCUT2D eigenvalue weighted by Gasteiger charge is 2.20. The Balaban J connectivity index is 2.02. The predicted molar refractivity (Wildman–Crippen MR) is 83.9 cm³/mol. The Labute approximate surface area is 122 Å². The monoisotopic (exact) mass is 277 g/mol. The van der Waals surface area contributed by atoms with Crippen molar-refractivity contribution in [3.05, 3.63) is 11.9 Å². The van der Waals surface area contributed by atoms with Crippen molar-refractivity contribution >= 4 is 11.6 Å².